The average molecular weight is 1070 g/mol. The van der Waals surface area contributed by atoms with E-state index in [0.717, 1.165) is 38.5 Å². The molecule has 0 bridgehead atoms. The SMILES string of the molecule is CCCCCCCCCCCCCCCCCCCCCCC(O)C(CO)NC(=O)CCCCCCCCCCCCCCCCCCCCCCCCCCCCCOC(=O)CCCCCCCCCCCCCC. The molecule has 0 aliphatic rings. The molecule has 0 aromatic heterocycles. The van der Waals surface area contributed by atoms with Crippen molar-refractivity contribution in [3.63, 3.8) is 0 Å². The molecule has 3 N–H and O–H groups in total. The van der Waals surface area contributed by atoms with Crippen molar-refractivity contribution in [1.29, 1.82) is 0 Å². The molecule has 0 spiro atoms. The van der Waals surface area contributed by atoms with Crippen molar-refractivity contribution in [2.24, 2.45) is 0 Å². The van der Waals surface area contributed by atoms with Crippen LogP contribution in [0.5, 0.6) is 0 Å². The second kappa shape index (κ2) is 66.4. The molecule has 0 aliphatic carbocycles. The van der Waals surface area contributed by atoms with Gasteiger partial charge in [0.2, 0.25) is 5.91 Å². The summed E-state index contributed by atoms with van der Waals surface area (Å²) >= 11 is 0. The third kappa shape index (κ3) is 62.1. The molecule has 0 aromatic rings. The summed E-state index contributed by atoms with van der Waals surface area (Å²) in [5.41, 5.74) is 0. The zero-order chi connectivity index (χ0) is 55.0. The largest absolute Gasteiger partial charge is 0.466 e. The Hall–Kier alpha value is -1.14. The Morgan fingerprint density at radius 3 is 0.803 bits per heavy atom. The molecule has 0 saturated carbocycles. The summed E-state index contributed by atoms with van der Waals surface area (Å²) in [6, 6.07) is -0.539. The quantitative estimate of drug-likeness (QED) is 0.0417. The fourth-order valence-electron chi connectivity index (χ4n) is 11.5. The number of hydrogen-bond acceptors (Lipinski definition) is 5. The number of carbonyl (C=O) groups is 2. The highest BCUT2D eigenvalue weighted by Gasteiger charge is 2.20. The monoisotopic (exact) mass is 1070 g/mol. The summed E-state index contributed by atoms with van der Waals surface area (Å²) in [4.78, 5) is 24.6. The van der Waals surface area contributed by atoms with E-state index in [1.54, 1.807) is 0 Å². The molecular formula is C70H139NO5. The Bertz CT molecular complexity index is 1100. The Morgan fingerprint density at radius 2 is 0.539 bits per heavy atom. The minimum atomic E-state index is -0.662. The van der Waals surface area contributed by atoms with Crippen molar-refractivity contribution >= 4 is 11.9 Å². The summed E-state index contributed by atoms with van der Waals surface area (Å²) in [7, 11) is 0. The highest BCUT2D eigenvalue weighted by atomic mass is 16.5. The van der Waals surface area contributed by atoms with Gasteiger partial charge in [-0.2, -0.15) is 0 Å². The number of rotatable bonds is 67. The molecule has 6 nitrogen and oxygen atoms in total. The lowest BCUT2D eigenvalue weighted by atomic mass is 10.0. The van der Waals surface area contributed by atoms with Crippen LogP contribution in [0.2, 0.25) is 0 Å². The molecule has 0 saturated heterocycles. The lowest BCUT2D eigenvalue weighted by Crippen LogP contribution is -2.45. The van der Waals surface area contributed by atoms with Crippen LogP contribution in [0.15, 0.2) is 0 Å². The van der Waals surface area contributed by atoms with E-state index in [0.29, 0.717) is 25.9 Å². The van der Waals surface area contributed by atoms with Gasteiger partial charge in [0.25, 0.3) is 0 Å². The Morgan fingerprint density at radius 1 is 0.316 bits per heavy atom. The van der Waals surface area contributed by atoms with Crippen molar-refractivity contribution in [3.8, 4) is 0 Å². The van der Waals surface area contributed by atoms with E-state index in [-0.39, 0.29) is 18.5 Å². The van der Waals surface area contributed by atoms with Crippen LogP contribution in [0.1, 0.15) is 412 Å². The van der Waals surface area contributed by atoms with E-state index in [9.17, 15) is 19.8 Å². The summed E-state index contributed by atoms with van der Waals surface area (Å²) in [6.45, 7) is 5.00. The normalized spacial score (nSPS) is 12.4. The molecular weight excluding hydrogens is 935 g/mol. The molecule has 1 amide bonds. The number of aliphatic hydroxyl groups excluding tert-OH is 2. The Kier molecular flexibility index (Phi) is 65.4. The standard InChI is InChI=1S/C70H139NO5/c1-3-5-7-9-11-13-15-17-18-19-20-30-33-36-39-42-46-50-54-58-62-68(73)67(66-72)71-69(74)63-59-55-51-47-43-40-37-34-31-28-26-24-22-21-23-25-27-29-32-35-38-41-45-49-53-57-61-65-76-70(75)64-60-56-52-48-44-16-14-12-10-8-6-4-2/h67-68,72-73H,3-66H2,1-2H3,(H,71,74). The van der Waals surface area contributed by atoms with E-state index in [2.05, 4.69) is 19.2 Å². The number of amides is 1. The van der Waals surface area contributed by atoms with Crippen molar-refractivity contribution in [2.75, 3.05) is 13.2 Å². The second-order valence-corrected chi connectivity index (χ2v) is 24.6. The molecule has 454 valence electrons. The highest BCUT2D eigenvalue weighted by Crippen LogP contribution is 2.20. The van der Waals surface area contributed by atoms with Gasteiger partial charge in [-0.15, -0.1) is 0 Å². The van der Waals surface area contributed by atoms with Crippen LogP contribution in [0.4, 0.5) is 0 Å². The zero-order valence-electron chi connectivity index (χ0n) is 52.0. The van der Waals surface area contributed by atoms with Gasteiger partial charge in [0, 0.05) is 12.8 Å². The fraction of sp³-hybridized carbons (Fsp3) is 0.971. The third-order valence-corrected chi connectivity index (χ3v) is 16.9. The minimum absolute atomic E-state index is 0.0200. The van der Waals surface area contributed by atoms with E-state index in [1.165, 1.54) is 340 Å². The average Bonchev–Trinajstić information content (AvgIpc) is 3.42. The van der Waals surface area contributed by atoms with Crippen LogP contribution in [0, 0.1) is 0 Å². The van der Waals surface area contributed by atoms with E-state index in [1.807, 2.05) is 0 Å². The van der Waals surface area contributed by atoms with Gasteiger partial charge in [0.15, 0.2) is 0 Å². The number of esters is 1. The molecule has 6 heteroatoms. The Balaban J connectivity index is 3.34. The van der Waals surface area contributed by atoms with Gasteiger partial charge in [0.1, 0.15) is 0 Å². The van der Waals surface area contributed by atoms with Crippen LogP contribution in [-0.4, -0.2) is 47.4 Å². The van der Waals surface area contributed by atoms with Gasteiger partial charge < -0.3 is 20.3 Å². The number of ether oxygens (including phenoxy) is 1. The summed E-state index contributed by atoms with van der Waals surface area (Å²) in [6.07, 6.45) is 80.1. The first-order valence-corrected chi connectivity index (χ1v) is 35.3. The third-order valence-electron chi connectivity index (χ3n) is 16.9. The summed E-state index contributed by atoms with van der Waals surface area (Å²) in [5.74, 6) is -0.00696. The lowest BCUT2D eigenvalue weighted by molar-refractivity contribution is -0.143. The fourth-order valence-corrected chi connectivity index (χ4v) is 11.5. The minimum Gasteiger partial charge on any atom is -0.466 e. The summed E-state index contributed by atoms with van der Waals surface area (Å²) < 4.78 is 5.48. The first kappa shape index (κ1) is 74.9. The van der Waals surface area contributed by atoms with Crippen molar-refractivity contribution < 1.29 is 24.5 Å². The highest BCUT2D eigenvalue weighted by molar-refractivity contribution is 5.76. The van der Waals surface area contributed by atoms with Gasteiger partial charge in [0.05, 0.1) is 25.4 Å². The van der Waals surface area contributed by atoms with E-state index < -0.39 is 12.1 Å². The molecule has 0 fully saturated rings. The molecule has 0 aliphatic heterocycles. The van der Waals surface area contributed by atoms with Crippen LogP contribution in [0.25, 0.3) is 0 Å². The molecule has 0 heterocycles. The lowest BCUT2D eigenvalue weighted by Gasteiger charge is -2.22. The zero-order valence-corrected chi connectivity index (χ0v) is 52.0. The number of carbonyl (C=O) groups excluding carboxylic acids is 2. The number of aliphatic hydroxyl groups is 2. The molecule has 0 aromatic carbocycles. The van der Waals surface area contributed by atoms with Crippen LogP contribution >= 0.6 is 0 Å². The van der Waals surface area contributed by atoms with Crippen molar-refractivity contribution in [3.05, 3.63) is 0 Å². The maximum Gasteiger partial charge on any atom is 0.305 e. The molecule has 2 atom stereocenters. The smallest absolute Gasteiger partial charge is 0.305 e. The number of nitrogens with one attached hydrogen (secondary N) is 1. The van der Waals surface area contributed by atoms with Crippen LogP contribution < -0.4 is 5.32 Å². The second-order valence-electron chi connectivity index (χ2n) is 24.6. The number of unbranched alkanes of at least 4 members (excludes halogenated alkanes) is 56. The molecule has 0 radical (unpaired) electrons. The first-order valence-electron chi connectivity index (χ1n) is 35.3. The number of hydrogen-bond donors (Lipinski definition) is 3. The van der Waals surface area contributed by atoms with Gasteiger partial charge in [-0.25, -0.2) is 0 Å². The van der Waals surface area contributed by atoms with E-state index >= 15 is 0 Å². The van der Waals surface area contributed by atoms with Crippen LogP contribution in [0.3, 0.4) is 0 Å². The van der Waals surface area contributed by atoms with Gasteiger partial charge in [-0.1, -0.05) is 373 Å². The van der Waals surface area contributed by atoms with Gasteiger partial charge in [-0.3, -0.25) is 9.59 Å². The van der Waals surface area contributed by atoms with Crippen LogP contribution in [-0.2, 0) is 14.3 Å². The maximum atomic E-state index is 12.5. The van der Waals surface area contributed by atoms with Crippen molar-refractivity contribution in [2.45, 2.75) is 424 Å². The van der Waals surface area contributed by atoms with Crippen molar-refractivity contribution in [1.82, 2.24) is 5.32 Å². The molecule has 2 unspecified atom stereocenters. The first-order chi connectivity index (χ1) is 37.5. The van der Waals surface area contributed by atoms with Gasteiger partial charge >= 0.3 is 5.97 Å². The predicted molar refractivity (Wildman–Crippen MR) is 334 cm³/mol. The summed E-state index contributed by atoms with van der Waals surface area (Å²) in [5, 5.41) is 23.4. The predicted octanol–water partition coefficient (Wildman–Crippen LogP) is 22.6. The van der Waals surface area contributed by atoms with E-state index in [4.69, 9.17) is 4.74 Å². The Labute approximate surface area is 476 Å². The topological polar surface area (TPSA) is 95.9 Å². The van der Waals surface area contributed by atoms with Gasteiger partial charge in [-0.05, 0) is 25.7 Å². The molecule has 76 heavy (non-hydrogen) atoms. The molecule has 0 rings (SSSR count). The maximum absolute atomic E-state index is 12.5.